The number of benzene rings is 1. The molecule has 1 rings (SSSR count). The Morgan fingerprint density at radius 3 is 2.80 bits per heavy atom. The lowest BCUT2D eigenvalue weighted by atomic mass is 10.2. The van der Waals surface area contributed by atoms with E-state index in [4.69, 9.17) is 10.5 Å². The van der Waals surface area contributed by atoms with Crippen LogP contribution >= 0.6 is 0 Å². The zero-order chi connectivity index (χ0) is 15.0. The number of ether oxygens (including phenoxy) is 1. The summed E-state index contributed by atoms with van der Waals surface area (Å²) in [7, 11) is 3.98. The van der Waals surface area contributed by atoms with Crippen LogP contribution in [-0.2, 0) is 0 Å². The average Bonchev–Trinajstić information content (AvgIpc) is 2.41. The van der Waals surface area contributed by atoms with Gasteiger partial charge in [0.25, 0.3) is 5.91 Å². The molecule has 1 aromatic carbocycles. The molecule has 0 aliphatic heterocycles. The Morgan fingerprint density at radius 2 is 2.15 bits per heavy atom. The first-order valence-electron chi connectivity index (χ1n) is 6.56. The number of nitrogens with zero attached hydrogens (tertiary/aromatic N) is 1. The highest BCUT2D eigenvalue weighted by atomic mass is 16.5. The van der Waals surface area contributed by atoms with Gasteiger partial charge in [0.1, 0.15) is 18.5 Å². The topological polar surface area (TPSA) is 87.8 Å². The second kappa shape index (κ2) is 8.52. The van der Waals surface area contributed by atoms with Crippen molar-refractivity contribution >= 4 is 5.91 Å². The molecule has 0 aromatic heterocycles. The van der Waals surface area contributed by atoms with Crippen molar-refractivity contribution in [2.24, 2.45) is 5.73 Å². The van der Waals surface area contributed by atoms with Crippen LogP contribution in [0.3, 0.4) is 0 Å². The highest BCUT2D eigenvalue weighted by Crippen LogP contribution is 2.17. The quantitative estimate of drug-likeness (QED) is 0.540. The summed E-state index contributed by atoms with van der Waals surface area (Å²) in [5, 5.41) is 12.9. The second-order valence-corrected chi connectivity index (χ2v) is 4.83. The van der Waals surface area contributed by atoms with Gasteiger partial charge in [-0.2, -0.15) is 0 Å². The number of primary amides is 1. The number of hydrogen-bond donors (Lipinski definition) is 3. The van der Waals surface area contributed by atoms with E-state index in [0.717, 1.165) is 13.1 Å². The van der Waals surface area contributed by atoms with E-state index in [2.05, 4.69) is 10.2 Å². The molecule has 1 atom stereocenters. The van der Waals surface area contributed by atoms with Gasteiger partial charge in [-0.25, -0.2) is 0 Å². The maximum atomic E-state index is 11.2. The SMILES string of the molecule is CN(C)CCNCC(O)COc1ccccc1C(N)=O. The van der Waals surface area contributed by atoms with E-state index in [9.17, 15) is 9.90 Å². The number of para-hydroxylation sites is 1. The predicted octanol–water partition coefficient (Wildman–Crippen LogP) is -0.324. The third kappa shape index (κ3) is 6.01. The van der Waals surface area contributed by atoms with Crippen molar-refractivity contribution in [3.05, 3.63) is 29.8 Å². The van der Waals surface area contributed by atoms with Crippen LogP contribution in [0.5, 0.6) is 5.75 Å². The fourth-order valence-electron chi connectivity index (χ4n) is 1.61. The van der Waals surface area contributed by atoms with Gasteiger partial charge in [-0.1, -0.05) is 12.1 Å². The van der Waals surface area contributed by atoms with Crippen LogP contribution < -0.4 is 15.8 Å². The lowest BCUT2D eigenvalue weighted by Gasteiger charge is -2.15. The molecule has 0 spiro atoms. The van der Waals surface area contributed by atoms with Crippen LogP contribution in [0.25, 0.3) is 0 Å². The number of amides is 1. The number of aliphatic hydroxyl groups is 1. The molecule has 4 N–H and O–H groups in total. The lowest BCUT2D eigenvalue weighted by Crippen LogP contribution is -2.35. The molecule has 6 heteroatoms. The summed E-state index contributed by atoms with van der Waals surface area (Å²) in [5.41, 5.74) is 5.57. The molecule has 6 nitrogen and oxygen atoms in total. The Kier molecular flexibility index (Phi) is 7.00. The average molecular weight is 281 g/mol. The zero-order valence-corrected chi connectivity index (χ0v) is 12.0. The minimum absolute atomic E-state index is 0.110. The fourth-order valence-corrected chi connectivity index (χ4v) is 1.61. The molecular weight excluding hydrogens is 258 g/mol. The molecule has 0 radical (unpaired) electrons. The highest BCUT2D eigenvalue weighted by Gasteiger charge is 2.10. The van der Waals surface area contributed by atoms with E-state index in [1.54, 1.807) is 24.3 Å². The summed E-state index contributed by atoms with van der Waals surface area (Å²) in [4.78, 5) is 13.3. The van der Waals surface area contributed by atoms with E-state index in [-0.39, 0.29) is 6.61 Å². The maximum Gasteiger partial charge on any atom is 0.252 e. The number of nitrogens with one attached hydrogen (secondary N) is 1. The van der Waals surface area contributed by atoms with Crippen LogP contribution in [0.4, 0.5) is 0 Å². The van der Waals surface area contributed by atoms with Crippen LogP contribution in [0.15, 0.2) is 24.3 Å². The largest absolute Gasteiger partial charge is 0.490 e. The molecule has 1 aromatic rings. The van der Waals surface area contributed by atoms with Crippen molar-refractivity contribution in [1.82, 2.24) is 10.2 Å². The predicted molar refractivity (Wildman–Crippen MR) is 77.9 cm³/mol. The van der Waals surface area contributed by atoms with E-state index >= 15 is 0 Å². The van der Waals surface area contributed by atoms with Crippen molar-refractivity contribution in [1.29, 1.82) is 0 Å². The van der Waals surface area contributed by atoms with Gasteiger partial charge in [-0.15, -0.1) is 0 Å². The summed E-state index contributed by atoms with van der Waals surface area (Å²) in [6, 6.07) is 6.72. The Bertz CT molecular complexity index is 424. The van der Waals surface area contributed by atoms with Crippen molar-refractivity contribution in [3.63, 3.8) is 0 Å². The minimum atomic E-state index is -0.641. The molecule has 0 fully saturated rings. The van der Waals surface area contributed by atoms with Gasteiger partial charge >= 0.3 is 0 Å². The van der Waals surface area contributed by atoms with Crippen molar-refractivity contribution < 1.29 is 14.6 Å². The zero-order valence-electron chi connectivity index (χ0n) is 12.0. The number of carbonyl (C=O) groups excluding carboxylic acids is 1. The van der Waals surface area contributed by atoms with Crippen LogP contribution in [-0.4, -0.2) is 62.4 Å². The number of likely N-dealkylation sites (N-methyl/N-ethyl adjacent to an activating group) is 1. The van der Waals surface area contributed by atoms with E-state index in [0.29, 0.717) is 17.9 Å². The molecule has 0 saturated heterocycles. The number of hydrogen-bond acceptors (Lipinski definition) is 5. The molecule has 20 heavy (non-hydrogen) atoms. The number of carbonyl (C=O) groups is 1. The Morgan fingerprint density at radius 1 is 1.45 bits per heavy atom. The van der Waals surface area contributed by atoms with Gasteiger partial charge in [0.05, 0.1) is 5.56 Å². The van der Waals surface area contributed by atoms with E-state index in [1.165, 1.54) is 0 Å². The monoisotopic (exact) mass is 281 g/mol. The Hall–Kier alpha value is -1.63. The summed E-state index contributed by atoms with van der Waals surface area (Å²) in [6.45, 7) is 2.24. The molecule has 0 heterocycles. The van der Waals surface area contributed by atoms with Gasteiger partial charge in [-0.3, -0.25) is 4.79 Å². The van der Waals surface area contributed by atoms with Crippen molar-refractivity contribution in [2.75, 3.05) is 40.3 Å². The third-order valence-electron chi connectivity index (χ3n) is 2.70. The molecule has 0 saturated carbocycles. The number of aliphatic hydroxyl groups excluding tert-OH is 1. The smallest absolute Gasteiger partial charge is 0.252 e. The van der Waals surface area contributed by atoms with E-state index in [1.807, 2.05) is 14.1 Å². The Labute approximate surface area is 119 Å². The van der Waals surface area contributed by atoms with Gasteiger partial charge in [0, 0.05) is 19.6 Å². The first-order chi connectivity index (χ1) is 9.50. The minimum Gasteiger partial charge on any atom is -0.490 e. The van der Waals surface area contributed by atoms with Crippen LogP contribution in [0.1, 0.15) is 10.4 Å². The normalized spacial score (nSPS) is 12.4. The fraction of sp³-hybridized carbons (Fsp3) is 0.500. The maximum absolute atomic E-state index is 11.2. The molecule has 1 amide bonds. The summed E-state index contributed by atoms with van der Waals surface area (Å²) < 4.78 is 5.44. The van der Waals surface area contributed by atoms with Gasteiger partial charge in [0.2, 0.25) is 0 Å². The standard InChI is InChI=1S/C14H23N3O3/c1-17(2)8-7-16-9-11(18)10-20-13-6-4-3-5-12(13)14(15)19/h3-6,11,16,18H,7-10H2,1-2H3,(H2,15,19). The van der Waals surface area contributed by atoms with Crippen LogP contribution in [0, 0.1) is 0 Å². The summed E-state index contributed by atoms with van der Waals surface area (Å²) in [6.07, 6.45) is -0.641. The summed E-state index contributed by atoms with van der Waals surface area (Å²) >= 11 is 0. The first kappa shape index (κ1) is 16.4. The molecular formula is C14H23N3O3. The highest BCUT2D eigenvalue weighted by molar-refractivity contribution is 5.95. The van der Waals surface area contributed by atoms with Gasteiger partial charge in [-0.05, 0) is 26.2 Å². The van der Waals surface area contributed by atoms with Gasteiger partial charge < -0.3 is 25.8 Å². The number of nitrogens with two attached hydrogens (primary N) is 1. The molecule has 0 bridgehead atoms. The van der Waals surface area contributed by atoms with Gasteiger partial charge in [0.15, 0.2) is 0 Å². The van der Waals surface area contributed by atoms with Crippen LogP contribution in [0.2, 0.25) is 0 Å². The molecule has 0 aliphatic carbocycles. The molecule has 112 valence electrons. The van der Waals surface area contributed by atoms with Crippen molar-refractivity contribution in [2.45, 2.75) is 6.10 Å². The molecule has 0 aliphatic rings. The molecule has 1 unspecified atom stereocenters. The lowest BCUT2D eigenvalue weighted by molar-refractivity contribution is 0.0963. The first-order valence-corrected chi connectivity index (χ1v) is 6.56. The Balaban J connectivity index is 2.34. The second-order valence-electron chi connectivity index (χ2n) is 4.83. The number of rotatable bonds is 9. The van der Waals surface area contributed by atoms with E-state index < -0.39 is 12.0 Å². The third-order valence-corrected chi connectivity index (χ3v) is 2.70. The van der Waals surface area contributed by atoms with Crippen molar-refractivity contribution in [3.8, 4) is 5.75 Å². The summed E-state index contributed by atoms with van der Waals surface area (Å²) in [5.74, 6) is -0.147.